The minimum atomic E-state index is -0.425. The molecule has 1 unspecified atom stereocenters. The van der Waals surface area contributed by atoms with Crippen LogP contribution in [0.5, 0.6) is 0 Å². The first kappa shape index (κ1) is 12.6. The molecule has 0 aliphatic heterocycles. The summed E-state index contributed by atoms with van der Waals surface area (Å²) in [6.45, 7) is 3.74. The molecule has 0 bridgehead atoms. The number of hydrogen-bond donors (Lipinski definition) is 1. The standard InChI is InChI=1S/C15H15N3O2/c1-9-8-12(10(2)19-9)14-17-18-15(20-14)13(16)11-6-4-3-5-7-11/h3-8,13H,16H2,1-2H3. The molecule has 1 aromatic carbocycles. The van der Waals surface area contributed by atoms with Crippen LogP contribution in [0.25, 0.3) is 11.5 Å². The van der Waals surface area contributed by atoms with Crippen molar-refractivity contribution in [2.45, 2.75) is 19.9 Å². The molecule has 3 aromatic rings. The van der Waals surface area contributed by atoms with Crippen molar-refractivity contribution >= 4 is 0 Å². The Labute approximate surface area is 116 Å². The average molecular weight is 269 g/mol. The summed E-state index contributed by atoms with van der Waals surface area (Å²) in [4.78, 5) is 0. The first-order chi connectivity index (χ1) is 9.65. The fourth-order valence-electron chi connectivity index (χ4n) is 2.12. The molecule has 20 heavy (non-hydrogen) atoms. The highest BCUT2D eigenvalue weighted by atomic mass is 16.4. The van der Waals surface area contributed by atoms with Crippen LogP contribution in [0, 0.1) is 13.8 Å². The van der Waals surface area contributed by atoms with E-state index < -0.39 is 6.04 Å². The number of furan rings is 1. The molecule has 1 atom stereocenters. The smallest absolute Gasteiger partial charge is 0.251 e. The highest BCUT2D eigenvalue weighted by Gasteiger charge is 2.19. The Hall–Kier alpha value is -2.40. The van der Waals surface area contributed by atoms with Gasteiger partial charge in [0.05, 0.1) is 5.56 Å². The lowest BCUT2D eigenvalue weighted by Crippen LogP contribution is -2.11. The molecule has 2 aromatic heterocycles. The van der Waals surface area contributed by atoms with Crippen molar-refractivity contribution in [3.63, 3.8) is 0 Å². The van der Waals surface area contributed by atoms with E-state index in [1.807, 2.05) is 50.2 Å². The monoisotopic (exact) mass is 269 g/mol. The van der Waals surface area contributed by atoms with Crippen LogP contribution in [0.1, 0.15) is 29.0 Å². The lowest BCUT2D eigenvalue weighted by atomic mass is 10.1. The van der Waals surface area contributed by atoms with E-state index in [4.69, 9.17) is 14.6 Å². The minimum absolute atomic E-state index is 0.393. The van der Waals surface area contributed by atoms with E-state index >= 15 is 0 Å². The van der Waals surface area contributed by atoms with Gasteiger partial charge in [0.1, 0.15) is 17.6 Å². The lowest BCUT2D eigenvalue weighted by molar-refractivity contribution is 0.479. The van der Waals surface area contributed by atoms with E-state index in [0.717, 1.165) is 22.6 Å². The zero-order valence-corrected chi connectivity index (χ0v) is 11.3. The van der Waals surface area contributed by atoms with Gasteiger partial charge in [0.15, 0.2) is 0 Å². The van der Waals surface area contributed by atoms with Crippen LogP contribution in [-0.4, -0.2) is 10.2 Å². The Morgan fingerprint density at radius 2 is 1.80 bits per heavy atom. The van der Waals surface area contributed by atoms with Crippen LogP contribution < -0.4 is 5.73 Å². The maximum atomic E-state index is 6.13. The fourth-order valence-corrected chi connectivity index (χ4v) is 2.12. The predicted molar refractivity (Wildman–Crippen MR) is 73.9 cm³/mol. The van der Waals surface area contributed by atoms with Gasteiger partial charge >= 0.3 is 0 Å². The predicted octanol–water partition coefficient (Wildman–Crippen LogP) is 2.99. The third kappa shape index (κ3) is 2.23. The van der Waals surface area contributed by atoms with Gasteiger partial charge < -0.3 is 14.6 Å². The fraction of sp³-hybridized carbons (Fsp3) is 0.200. The van der Waals surface area contributed by atoms with Crippen LogP contribution in [0.15, 0.2) is 45.2 Å². The number of benzene rings is 1. The molecule has 0 aliphatic carbocycles. The van der Waals surface area contributed by atoms with Gasteiger partial charge in [0, 0.05) is 0 Å². The summed E-state index contributed by atoms with van der Waals surface area (Å²) in [6, 6.07) is 11.1. The first-order valence-electron chi connectivity index (χ1n) is 6.36. The zero-order valence-electron chi connectivity index (χ0n) is 11.3. The summed E-state index contributed by atoms with van der Waals surface area (Å²) in [5.41, 5.74) is 7.87. The second kappa shape index (κ2) is 4.94. The van der Waals surface area contributed by atoms with Gasteiger partial charge in [0.2, 0.25) is 5.89 Å². The summed E-state index contributed by atoms with van der Waals surface area (Å²) in [6.07, 6.45) is 0. The molecular formula is C15H15N3O2. The van der Waals surface area contributed by atoms with Crippen molar-refractivity contribution in [3.05, 3.63) is 59.4 Å². The molecule has 3 rings (SSSR count). The van der Waals surface area contributed by atoms with E-state index in [1.165, 1.54) is 0 Å². The second-order valence-corrected chi connectivity index (χ2v) is 4.66. The van der Waals surface area contributed by atoms with Crippen molar-refractivity contribution < 1.29 is 8.83 Å². The SMILES string of the molecule is Cc1cc(-c2nnc(C(N)c3ccccc3)o2)c(C)o1. The zero-order chi connectivity index (χ0) is 14.1. The van der Waals surface area contributed by atoms with Crippen LogP contribution in [0.4, 0.5) is 0 Å². The molecule has 5 nitrogen and oxygen atoms in total. The maximum absolute atomic E-state index is 6.13. The second-order valence-electron chi connectivity index (χ2n) is 4.66. The van der Waals surface area contributed by atoms with Crippen LogP contribution in [0.2, 0.25) is 0 Å². The summed E-state index contributed by atoms with van der Waals surface area (Å²) < 4.78 is 11.1. The van der Waals surface area contributed by atoms with Gasteiger partial charge in [-0.2, -0.15) is 0 Å². The maximum Gasteiger partial charge on any atom is 0.251 e. The Morgan fingerprint density at radius 1 is 1.05 bits per heavy atom. The molecule has 5 heteroatoms. The number of nitrogens with zero attached hydrogens (tertiary/aromatic N) is 2. The number of aryl methyl sites for hydroxylation is 2. The topological polar surface area (TPSA) is 78.1 Å². The third-order valence-electron chi connectivity index (χ3n) is 3.14. The van der Waals surface area contributed by atoms with Gasteiger partial charge in [-0.15, -0.1) is 10.2 Å². The van der Waals surface area contributed by atoms with Crippen molar-refractivity contribution in [3.8, 4) is 11.5 Å². The molecule has 0 fully saturated rings. The van der Waals surface area contributed by atoms with Crippen LogP contribution in [-0.2, 0) is 0 Å². The Kier molecular flexibility index (Phi) is 3.12. The van der Waals surface area contributed by atoms with Crippen molar-refractivity contribution in [1.29, 1.82) is 0 Å². The summed E-state index contributed by atoms with van der Waals surface area (Å²) >= 11 is 0. The number of rotatable bonds is 3. The van der Waals surface area contributed by atoms with Gasteiger partial charge in [0.25, 0.3) is 5.89 Å². The summed E-state index contributed by atoms with van der Waals surface area (Å²) in [7, 11) is 0. The number of nitrogens with two attached hydrogens (primary N) is 1. The summed E-state index contributed by atoms with van der Waals surface area (Å²) in [5, 5.41) is 8.09. The van der Waals surface area contributed by atoms with Gasteiger partial charge in [-0.05, 0) is 25.5 Å². The van der Waals surface area contributed by atoms with Crippen LogP contribution in [0.3, 0.4) is 0 Å². The van der Waals surface area contributed by atoms with E-state index in [0.29, 0.717) is 11.8 Å². The van der Waals surface area contributed by atoms with Crippen molar-refractivity contribution in [2.24, 2.45) is 5.73 Å². The van der Waals surface area contributed by atoms with E-state index in [2.05, 4.69) is 10.2 Å². The largest absolute Gasteiger partial charge is 0.466 e. The molecule has 2 N–H and O–H groups in total. The molecule has 0 aliphatic rings. The normalized spacial score (nSPS) is 12.6. The minimum Gasteiger partial charge on any atom is -0.466 e. The molecule has 0 saturated carbocycles. The summed E-state index contributed by atoms with van der Waals surface area (Å²) in [5.74, 6) is 2.39. The van der Waals surface area contributed by atoms with E-state index in [1.54, 1.807) is 0 Å². The van der Waals surface area contributed by atoms with Crippen molar-refractivity contribution in [2.75, 3.05) is 0 Å². The molecule has 0 amide bonds. The highest BCUT2D eigenvalue weighted by Crippen LogP contribution is 2.27. The third-order valence-corrected chi connectivity index (χ3v) is 3.14. The molecule has 0 spiro atoms. The Morgan fingerprint density at radius 3 is 2.45 bits per heavy atom. The lowest BCUT2D eigenvalue weighted by Gasteiger charge is -2.06. The molecule has 0 saturated heterocycles. The molecule has 102 valence electrons. The van der Waals surface area contributed by atoms with Gasteiger partial charge in [-0.25, -0.2) is 0 Å². The van der Waals surface area contributed by atoms with Gasteiger partial charge in [-0.1, -0.05) is 30.3 Å². The molecule has 0 radical (unpaired) electrons. The van der Waals surface area contributed by atoms with Gasteiger partial charge in [-0.3, -0.25) is 0 Å². The molecule has 2 heterocycles. The van der Waals surface area contributed by atoms with E-state index in [9.17, 15) is 0 Å². The van der Waals surface area contributed by atoms with Crippen molar-refractivity contribution in [1.82, 2.24) is 10.2 Å². The number of hydrogen-bond acceptors (Lipinski definition) is 5. The quantitative estimate of drug-likeness (QED) is 0.790. The van der Waals surface area contributed by atoms with Crippen LogP contribution >= 0.6 is 0 Å². The van der Waals surface area contributed by atoms with E-state index in [-0.39, 0.29) is 0 Å². The Balaban J connectivity index is 1.93. The highest BCUT2D eigenvalue weighted by molar-refractivity contribution is 5.55. The number of aromatic nitrogens is 2. The first-order valence-corrected chi connectivity index (χ1v) is 6.36. The molecular weight excluding hydrogens is 254 g/mol. The average Bonchev–Trinajstić information content (AvgIpc) is 3.05. The Bertz CT molecular complexity index is 716.